The average molecular weight is 224 g/mol. The van der Waals surface area contributed by atoms with Crippen LogP contribution in [0.2, 0.25) is 0 Å². The van der Waals surface area contributed by atoms with Crippen LogP contribution in [0.15, 0.2) is 0 Å². The fourth-order valence-corrected chi connectivity index (χ4v) is 1.87. The van der Waals surface area contributed by atoms with Gasteiger partial charge in [0, 0.05) is 6.61 Å². The summed E-state index contributed by atoms with van der Waals surface area (Å²) < 4.78 is 5.45. The molecule has 90 valence electrons. The van der Waals surface area contributed by atoms with Crippen molar-refractivity contribution in [2.24, 2.45) is 11.8 Å². The van der Waals surface area contributed by atoms with Crippen LogP contribution in [0.3, 0.4) is 0 Å². The zero-order valence-corrected chi connectivity index (χ0v) is 10.4. The third-order valence-corrected chi connectivity index (χ3v) is 3.38. The van der Waals surface area contributed by atoms with Gasteiger partial charge in [-0.15, -0.1) is 0 Å². The molecule has 0 aromatic rings. The Morgan fingerprint density at radius 1 is 1.62 bits per heavy atom. The quantitative estimate of drug-likeness (QED) is 0.789. The van der Waals surface area contributed by atoms with Gasteiger partial charge < -0.3 is 10.1 Å². The van der Waals surface area contributed by atoms with Crippen molar-refractivity contribution in [3.63, 3.8) is 0 Å². The molecule has 0 radical (unpaired) electrons. The Balaban J connectivity index is 2.67. The normalized spacial score (nSPS) is 31.1. The van der Waals surface area contributed by atoms with Gasteiger partial charge in [-0.25, -0.2) is 0 Å². The summed E-state index contributed by atoms with van der Waals surface area (Å²) in [5, 5.41) is 11.9. The highest BCUT2D eigenvalue weighted by atomic mass is 16.5. The lowest BCUT2D eigenvalue weighted by Gasteiger charge is -2.30. The predicted molar refractivity (Wildman–Crippen MR) is 60.5 cm³/mol. The average Bonchev–Trinajstić information content (AvgIpc) is 2.47. The summed E-state index contributed by atoms with van der Waals surface area (Å²) in [5.41, 5.74) is -0.332. The molecular weight excluding hydrogens is 204 g/mol. The zero-order valence-electron chi connectivity index (χ0n) is 10.4. The van der Waals surface area contributed by atoms with Crippen LogP contribution in [0.4, 0.5) is 0 Å². The Morgan fingerprint density at radius 3 is 2.62 bits per heavy atom. The molecule has 1 heterocycles. The van der Waals surface area contributed by atoms with Gasteiger partial charge in [-0.2, -0.15) is 5.26 Å². The van der Waals surface area contributed by atoms with Crippen molar-refractivity contribution in [3.05, 3.63) is 0 Å². The van der Waals surface area contributed by atoms with E-state index in [2.05, 4.69) is 11.4 Å². The first kappa shape index (κ1) is 13.0. The van der Waals surface area contributed by atoms with E-state index in [0.717, 1.165) is 6.42 Å². The van der Waals surface area contributed by atoms with E-state index in [9.17, 15) is 4.79 Å². The molecule has 16 heavy (non-hydrogen) atoms. The molecule has 0 saturated carbocycles. The fraction of sp³-hybridized carbons (Fsp3) is 0.833. The van der Waals surface area contributed by atoms with E-state index >= 15 is 0 Å². The second-order valence-corrected chi connectivity index (χ2v) is 5.02. The number of hydrogen-bond donors (Lipinski definition) is 1. The zero-order chi connectivity index (χ0) is 12.3. The van der Waals surface area contributed by atoms with Crippen molar-refractivity contribution in [2.75, 3.05) is 6.61 Å². The minimum absolute atomic E-state index is 0.00274. The number of carbonyl (C=O) groups excluding carboxylic acids is 1. The van der Waals surface area contributed by atoms with Crippen LogP contribution in [-0.4, -0.2) is 24.2 Å². The Bertz CT molecular complexity index is 309. The second kappa shape index (κ2) is 4.84. The molecule has 3 atom stereocenters. The fourth-order valence-electron chi connectivity index (χ4n) is 1.87. The van der Waals surface area contributed by atoms with Crippen molar-refractivity contribution in [2.45, 2.75) is 45.8 Å². The number of amides is 1. The van der Waals surface area contributed by atoms with Crippen LogP contribution < -0.4 is 5.32 Å². The van der Waals surface area contributed by atoms with E-state index in [0.29, 0.717) is 6.61 Å². The lowest BCUT2D eigenvalue weighted by molar-refractivity contribution is -0.126. The minimum atomic E-state index is -0.579. The van der Waals surface area contributed by atoms with Crippen LogP contribution >= 0.6 is 0 Å². The number of carbonyl (C=O) groups is 1. The molecule has 0 aromatic carbocycles. The number of rotatable bonds is 3. The molecule has 1 saturated heterocycles. The summed E-state index contributed by atoms with van der Waals surface area (Å²) in [7, 11) is 0. The summed E-state index contributed by atoms with van der Waals surface area (Å²) in [5.74, 6) is -0.729. The van der Waals surface area contributed by atoms with E-state index in [1.807, 2.05) is 27.7 Å². The minimum Gasteiger partial charge on any atom is -0.376 e. The van der Waals surface area contributed by atoms with Crippen molar-refractivity contribution in [1.29, 1.82) is 5.26 Å². The Morgan fingerprint density at radius 2 is 2.25 bits per heavy atom. The first-order valence-electron chi connectivity index (χ1n) is 5.74. The van der Waals surface area contributed by atoms with Gasteiger partial charge >= 0.3 is 0 Å². The van der Waals surface area contributed by atoms with Gasteiger partial charge in [0.1, 0.15) is 5.92 Å². The third-order valence-electron chi connectivity index (χ3n) is 3.38. The van der Waals surface area contributed by atoms with Gasteiger partial charge in [-0.05, 0) is 26.2 Å². The summed E-state index contributed by atoms with van der Waals surface area (Å²) in [6.07, 6.45) is 0.804. The molecule has 1 amide bonds. The number of hydrogen-bond acceptors (Lipinski definition) is 3. The van der Waals surface area contributed by atoms with Crippen molar-refractivity contribution < 1.29 is 9.53 Å². The third kappa shape index (κ3) is 2.53. The van der Waals surface area contributed by atoms with E-state index in [1.54, 1.807) is 0 Å². The molecule has 1 aliphatic heterocycles. The maximum Gasteiger partial charge on any atom is 0.238 e. The summed E-state index contributed by atoms with van der Waals surface area (Å²) in [6, 6.07) is 2.05. The van der Waals surface area contributed by atoms with E-state index in [1.165, 1.54) is 0 Å². The van der Waals surface area contributed by atoms with Gasteiger partial charge in [0.25, 0.3) is 0 Å². The highest BCUT2D eigenvalue weighted by Crippen LogP contribution is 2.26. The number of ether oxygens (including phenoxy) is 1. The molecule has 1 rings (SSSR count). The second-order valence-electron chi connectivity index (χ2n) is 5.02. The highest BCUT2D eigenvalue weighted by Gasteiger charge is 2.39. The van der Waals surface area contributed by atoms with Crippen LogP contribution in [0, 0.1) is 23.2 Å². The molecule has 0 bridgehead atoms. The van der Waals surface area contributed by atoms with Crippen molar-refractivity contribution in [3.8, 4) is 6.07 Å². The lowest BCUT2D eigenvalue weighted by Crippen LogP contribution is -2.52. The molecule has 1 aliphatic rings. The van der Waals surface area contributed by atoms with Gasteiger partial charge in [-0.1, -0.05) is 13.8 Å². The molecule has 4 nitrogen and oxygen atoms in total. The van der Waals surface area contributed by atoms with Gasteiger partial charge in [-0.3, -0.25) is 4.79 Å². The smallest absolute Gasteiger partial charge is 0.238 e. The molecule has 1 fully saturated rings. The standard InChI is InChI=1S/C12H20N2O2/c1-8(2)10(7-13)11(15)14-12(4)5-6-16-9(12)3/h8-10H,5-6H2,1-4H3,(H,14,15). The predicted octanol–water partition coefficient (Wildman–Crippen LogP) is 1.47. The summed E-state index contributed by atoms with van der Waals surface area (Å²) >= 11 is 0. The number of nitriles is 1. The summed E-state index contributed by atoms with van der Waals surface area (Å²) in [4.78, 5) is 11.9. The summed E-state index contributed by atoms with van der Waals surface area (Å²) in [6.45, 7) is 8.34. The maximum atomic E-state index is 11.9. The molecule has 3 unspecified atom stereocenters. The first-order chi connectivity index (χ1) is 7.40. The molecule has 1 N–H and O–H groups in total. The number of nitrogens with zero attached hydrogens (tertiary/aromatic N) is 1. The van der Waals surface area contributed by atoms with Crippen LogP contribution in [0.1, 0.15) is 34.1 Å². The van der Waals surface area contributed by atoms with Gasteiger partial charge in [0.15, 0.2) is 0 Å². The Kier molecular flexibility index (Phi) is 3.93. The van der Waals surface area contributed by atoms with E-state index in [-0.39, 0.29) is 23.5 Å². The number of nitrogens with one attached hydrogen (secondary N) is 1. The van der Waals surface area contributed by atoms with Crippen LogP contribution in [0.25, 0.3) is 0 Å². The largest absolute Gasteiger partial charge is 0.376 e. The lowest BCUT2D eigenvalue weighted by atomic mass is 9.91. The SMILES string of the molecule is CC(C)C(C#N)C(=O)NC1(C)CCOC1C. The van der Waals surface area contributed by atoms with Gasteiger partial charge in [0.2, 0.25) is 5.91 Å². The Labute approximate surface area is 97.0 Å². The van der Waals surface area contributed by atoms with Crippen molar-refractivity contribution in [1.82, 2.24) is 5.32 Å². The van der Waals surface area contributed by atoms with Gasteiger partial charge in [0.05, 0.1) is 17.7 Å². The topological polar surface area (TPSA) is 62.1 Å². The maximum absolute atomic E-state index is 11.9. The Hall–Kier alpha value is -1.08. The van der Waals surface area contributed by atoms with E-state index < -0.39 is 5.92 Å². The van der Waals surface area contributed by atoms with Crippen LogP contribution in [-0.2, 0) is 9.53 Å². The first-order valence-corrected chi connectivity index (χ1v) is 5.74. The molecular formula is C12H20N2O2. The van der Waals surface area contributed by atoms with Crippen molar-refractivity contribution >= 4 is 5.91 Å². The van der Waals surface area contributed by atoms with Crippen LogP contribution in [0.5, 0.6) is 0 Å². The molecule has 0 spiro atoms. The highest BCUT2D eigenvalue weighted by molar-refractivity contribution is 5.82. The molecule has 4 heteroatoms. The van der Waals surface area contributed by atoms with E-state index in [4.69, 9.17) is 10.00 Å². The molecule has 0 aliphatic carbocycles. The monoisotopic (exact) mass is 224 g/mol. The molecule has 0 aromatic heterocycles.